The number of hydrogen-bond acceptors (Lipinski definition) is 4. The van der Waals surface area contributed by atoms with Crippen LogP contribution in [0.4, 0.5) is 0 Å². The molecule has 0 saturated carbocycles. The molecule has 1 unspecified atom stereocenters. The van der Waals surface area contributed by atoms with E-state index in [1.807, 2.05) is 13.8 Å². The van der Waals surface area contributed by atoms with E-state index < -0.39 is 6.10 Å². The van der Waals surface area contributed by atoms with Crippen LogP contribution in [0.5, 0.6) is 0 Å². The minimum absolute atomic E-state index is 0.141. The first-order valence-corrected chi connectivity index (χ1v) is 7.25. The number of carbonyl (C=O) groups is 1. The molecule has 0 aliphatic rings. The summed E-state index contributed by atoms with van der Waals surface area (Å²) < 4.78 is 0. The van der Waals surface area contributed by atoms with Crippen LogP contribution in [0.3, 0.4) is 0 Å². The zero-order valence-corrected chi connectivity index (χ0v) is 12.1. The first kappa shape index (κ1) is 15.1. The molecular weight excluding hydrogens is 248 g/mol. The fourth-order valence-electron chi connectivity index (χ4n) is 1.67. The minimum atomic E-state index is -0.475. The Balaban J connectivity index is 2.40. The van der Waals surface area contributed by atoms with Gasteiger partial charge in [0, 0.05) is 6.54 Å². The van der Waals surface area contributed by atoms with Crippen molar-refractivity contribution in [2.45, 2.75) is 46.1 Å². The fraction of sp³-hybridized carbons (Fsp3) is 0.692. The lowest BCUT2D eigenvalue weighted by Gasteiger charge is -2.13. The maximum atomic E-state index is 11.8. The molecule has 1 amide bonds. The van der Waals surface area contributed by atoms with Crippen molar-refractivity contribution in [3.05, 3.63) is 16.1 Å². The van der Waals surface area contributed by atoms with E-state index in [0.29, 0.717) is 23.8 Å². The molecule has 0 saturated heterocycles. The second kappa shape index (κ2) is 7.48. The standard InChI is InChI=1S/C13H22N2O2S/c1-4-5-12-14-8-11(18-12)13(17)15-7-10(16)6-9(2)3/h8-10,16H,4-7H2,1-3H3,(H,15,17). The van der Waals surface area contributed by atoms with Gasteiger partial charge in [-0.1, -0.05) is 20.8 Å². The largest absolute Gasteiger partial charge is 0.391 e. The van der Waals surface area contributed by atoms with Crippen molar-refractivity contribution in [2.24, 2.45) is 5.92 Å². The molecule has 0 radical (unpaired) electrons. The number of aromatic nitrogens is 1. The topological polar surface area (TPSA) is 62.2 Å². The third-order valence-electron chi connectivity index (χ3n) is 2.48. The van der Waals surface area contributed by atoms with Gasteiger partial charge in [-0.05, 0) is 25.2 Å². The smallest absolute Gasteiger partial charge is 0.263 e. The summed E-state index contributed by atoms with van der Waals surface area (Å²) in [7, 11) is 0. The van der Waals surface area contributed by atoms with Gasteiger partial charge in [-0.3, -0.25) is 4.79 Å². The van der Waals surface area contributed by atoms with Crippen molar-refractivity contribution < 1.29 is 9.90 Å². The fourth-order valence-corrected chi connectivity index (χ4v) is 2.61. The van der Waals surface area contributed by atoms with Crippen molar-refractivity contribution in [2.75, 3.05) is 6.54 Å². The summed E-state index contributed by atoms with van der Waals surface area (Å²) in [6.07, 6.45) is 3.77. The highest BCUT2D eigenvalue weighted by molar-refractivity contribution is 7.13. The normalized spacial score (nSPS) is 12.7. The van der Waals surface area contributed by atoms with Gasteiger partial charge in [0.15, 0.2) is 0 Å². The molecule has 0 aliphatic heterocycles. The zero-order chi connectivity index (χ0) is 13.5. The number of aliphatic hydroxyl groups excluding tert-OH is 1. The SMILES string of the molecule is CCCc1ncc(C(=O)NCC(O)CC(C)C)s1. The van der Waals surface area contributed by atoms with Crippen LogP contribution in [0.25, 0.3) is 0 Å². The Bertz CT molecular complexity index is 377. The second-order valence-electron chi connectivity index (χ2n) is 4.86. The molecule has 5 heteroatoms. The number of rotatable bonds is 7. The van der Waals surface area contributed by atoms with Gasteiger partial charge in [-0.2, -0.15) is 0 Å². The maximum Gasteiger partial charge on any atom is 0.263 e. The summed E-state index contributed by atoms with van der Waals surface area (Å²) in [5, 5.41) is 13.4. The number of amides is 1. The molecule has 1 aromatic heterocycles. The third-order valence-corrected chi connectivity index (χ3v) is 3.54. The van der Waals surface area contributed by atoms with Gasteiger partial charge < -0.3 is 10.4 Å². The Morgan fingerprint density at radius 1 is 1.56 bits per heavy atom. The molecule has 0 bridgehead atoms. The Kier molecular flexibility index (Phi) is 6.29. The maximum absolute atomic E-state index is 11.8. The second-order valence-corrected chi connectivity index (χ2v) is 5.98. The Morgan fingerprint density at radius 2 is 2.28 bits per heavy atom. The quantitative estimate of drug-likeness (QED) is 0.798. The lowest BCUT2D eigenvalue weighted by Crippen LogP contribution is -2.32. The van der Waals surface area contributed by atoms with E-state index in [1.54, 1.807) is 6.20 Å². The van der Waals surface area contributed by atoms with Gasteiger partial charge in [0.1, 0.15) is 4.88 Å². The van der Waals surface area contributed by atoms with Crippen LogP contribution in [-0.4, -0.2) is 28.6 Å². The lowest BCUT2D eigenvalue weighted by atomic mass is 10.1. The highest BCUT2D eigenvalue weighted by Gasteiger charge is 2.12. The molecule has 4 nitrogen and oxygen atoms in total. The van der Waals surface area contributed by atoms with Gasteiger partial charge in [0.2, 0.25) is 0 Å². The van der Waals surface area contributed by atoms with E-state index in [1.165, 1.54) is 11.3 Å². The van der Waals surface area contributed by atoms with Crippen molar-refractivity contribution in [3.8, 4) is 0 Å². The number of thiazole rings is 1. The van der Waals surface area contributed by atoms with E-state index in [-0.39, 0.29) is 5.91 Å². The summed E-state index contributed by atoms with van der Waals surface area (Å²) in [6.45, 7) is 6.48. The summed E-state index contributed by atoms with van der Waals surface area (Å²) in [4.78, 5) is 16.6. The molecule has 1 aromatic rings. The molecule has 1 heterocycles. The number of hydrogen-bond donors (Lipinski definition) is 2. The average Bonchev–Trinajstić information content (AvgIpc) is 2.74. The molecule has 0 fully saturated rings. The van der Waals surface area contributed by atoms with Crippen molar-refractivity contribution in [3.63, 3.8) is 0 Å². The van der Waals surface area contributed by atoms with Crippen LogP contribution >= 0.6 is 11.3 Å². The van der Waals surface area contributed by atoms with Gasteiger partial charge in [0.05, 0.1) is 17.3 Å². The minimum Gasteiger partial charge on any atom is -0.391 e. The average molecular weight is 270 g/mol. The van der Waals surface area contributed by atoms with Crippen LogP contribution in [0.2, 0.25) is 0 Å². The molecule has 2 N–H and O–H groups in total. The Morgan fingerprint density at radius 3 is 2.89 bits per heavy atom. The Labute approximate surface area is 112 Å². The van der Waals surface area contributed by atoms with Gasteiger partial charge >= 0.3 is 0 Å². The van der Waals surface area contributed by atoms with Crippen molar-refractivity contribution in [1.82, 2.24) is 10.3 Å². The highest BCUT2D eigenvalue weighted by atomic mass is 32.1. The Hall–Kier alpha value is -0.940. The summed E-state index contributed by atoms with van der Waals surface area (Å²) >= 11 is 1.43. The molecule has 0 spiro atoms. The molecule has 1 rings (SSSR count). The number of aliphatic hydroxyl groups is 1. The predicted molar refractivity (Wildman–Crippen MR) is 73.9 cm³/mol. The van der Waals surface area contributed by atoms with Crippen LogP contribution in [0, 0.1) is 5.92 Å². The molecule has 0 aliphatic carbocycles. The number of nitrogens with zero attached hydrogens (tertiary/aromatic N) is 1. The predicted octanol–water partition coefficient (Wildman–Crippen LogP) is 2.23. The molecule has 18 heavy (non-hydrogen) atoms. The van der Waals surface area contributed by atoms with Crippen molar-refractivity contribution in [1.29, 1.82) is 0 Å². The molecule has 102 valence electrons. The summed E-state index contributed by atoms with van der Waals surface area (Å²) in [5.41, 5.74) is 0. The van der Waals surface area contributed by atoms with E-state index in [4.69, 9.17) is 0 Å². The first-order chi connectivity index (χ1) is 8.52. The van der Waals surface area contributed by atoms with Crippen molar-refractivity contribution >= 4 is 17.2 Å². The molecule has 1 atom stereocenters. The molecule has 0 aromatic carbocycles. The van der Waals surface area contributed by atoms with Crippen LogP contribution in [0.15, 0.2) is 6.20 Å². The monoisotopic (exact) mass is 270 g/mol. The van der Waals surface area contributed by atoms with Gasteiger partial charge in [-0.15, -0.1) is 11.3 Å². The molecular formula is C13H22N2O2S. The highest BCUT2D eigenvalue weighted by Crippen LogP contribution is 2.14. The first-order valence-electron chi connectivity index (χ1n) is 6.43. The van der Waals surface area contributed by atoms with Gasteiger partial charge in [0.25, 0.3) is 5.91 Å². The third kappa shape index (κ3) is 5.14. The van der Waals surface area contributed by atoms with E-state index >= 15 is 0 Å². The van der Waals surface area contributed by atoms with Crippen LogP contribution in [0.1, 0.15) is 48.3 Å². The van der Waals surface area contributed by atoms with Crippen LogP contribution in [-0.2, 0) is 6.42 Å². The van der Waals surface area contributed by atoms with E-state index in [2.05, 4.69) is 17.2 Å². The summed E-state index contributed by atoms with van der Waals surface area (Å²) in [5.74, 6) is 0.286. The number of carbonyl (C=O) groups excluding carboxylic acids is 1. The van der Waals surface area contributed by atoms with E-state index in [0.717, 1.165) is 17.8 Å². The van der Waals surface area contributed by atoms with E-state index in [9.17, 15) is 9.90 Å². The summed E-state index contributed by atoms with van der Waals surface area (Å²) in [6, 6.07) is 0. The number of nitrogens with one attached hydrogen (secondary N) is 1. The van der Waals surface area contributed by atoms with Gasteiger partial charge in [-0.25, -0.2) is 4.98 Å². The van der Waals surface area contributed by atoms with Crippen LogP contribution < -0.4 is 5.32 Å². The lowest BCUT2D eigenvalue weighted by molar-refractivity contribution is 0.0904. The number of aryl methyl sites for hydroxylation is 1. The zero-order valence-electron chi connectivity index (χ0n) is 11.3.